The highest BCUT2D eigenvalue weighted by Gasteiger charge is 2.54. The molecule has 4 saturated carbocycles. The molecule has 2 unspecified atom stereocenters. The molecule has 98 valence electrons. The van der Waals surface area contributed by atoms with E-state index in [4.69, 9.17) is 0 Å². The molecule has 4 rings (SSSR count). The minimum Gasteiger partial charge on any atom is -0.314 e. The van der Waals surface area contributed by atoms with Crippen LogP contribution in [0.1, 0.15) is 59.3 Å². The van der Waals surface area contributed by atoms with Crippen molar-refractivity contribution in [1.29, 1.82) is 0 Å². The number of hydrogen-bond acceptors (Lipinski definition) is 1. The predicted molar refractivity (Wildman–Crippen MR) is 72.9 cm³/mol. The summed E-state index contributed by atoms with van der Waals surface area (Å²) in [5.41, 5.74) is 0.761. The maximum absolute atomic E-state index is 3.80. The minimum atomic E-state index is 0.761. The Labute approximate surface area is 107 Å². The van der Waals surface area contributed by atoms with Gasteiger partial charge in [0.25, 0.3) is 0 Å². The third-order valence-electron chi connectivity index (χ3n) is 5.68. The Morgan fingerprint density at radius 3 is 2.29 bits per heavy atom. The molecule has 4 bridgehead atoms. The predicted octanol–water partition coefficient (Wildman–Crippen LogP) is 3.84. The quantitative estimate of drug-likeness (QED) is 0.781. The summed E-state index contributed by atoms with van der Waals surface area (Å²) in [5.74, 6) is 4.00. The first-order chi connectivity index (χ1) is 8.12. The molecule has 1 N–H and O–H groups in total. The molecular formula is C16H29N. The maximum atomic E-state index is 3.80. The molecule has 0 amide bonds. The largest absolute Gasteiger partial charge is 0.314 e. The molecule has 0 aromatic rings. The second-order valence-corrected chi connectivity index (χ2v) is 7.65. The van der Waals surface area contributed by atoms with E-state index in [9.17, 15) is 0 Å². The van der Waals surface area contributed by atoms with Crippen LogP contribution >= 0.6 is 0 Å². The van der Waals surface area contributed by atoms with E-state index < -0.39 is 0 Å². The van der Waals surface area contributed by atoms with Gasteiger partial charge in [-0.1, -0.05) is 20.8 Å². The van der Waals surface area contributed by atoms with Gasteiger partial charge in [0.15, 0.2) is 0 Å². The molecule has 17 heavy (non-hydrogen) atoms. The minimum absolute atomic E-state index is 0.761. The first-order valence-corrected chi connectivity index (χ1v) is 7.85. The summed E-state index contributed by atoms with van der Waals surface area (Å²) in [6.45, 7) is 8.27. The number of nitrogens with one attached hydrogen (secondary N) is 1. The Bertz CT molecular complexity index is 263. The average Bonchev–Trinajstić information content (AvgIpc) is 2.20. The van der Waals surface area contributed by atoms with Crippen molar-refractivity contribution in [2.75, 3.05) is 6.54 Å². The summed E-state index contributed by atoms with van der Waals surface area (Å²) >= 11 is 0. The summed E-state index contributed by atoms with van der Waals surface area (Å²) in [6, 6.07) is 0.872. The van der Waals surface area contributed by atoms with E-state index in [1.807, 2.05) is 0 Å². The summed E-state index contributed by atoms with van der Waals surface area (Å²) in [4.78, 5) is 0. The van der Waals surface area contributed by atoms with Gasteiger partial charge in [-0.15, -0.1) is 0 Å². The molecule has 2 atom stereocenters. The van der Waals surface area contributed by atoms with Crippen molar-refractivity contribution in [3.63, 3.8) is 0 Å². The fourth-order valence-corrected chi connectivity index (χ4v) is 5.88. The molecule has 0 aromatic heterocycles. The van der Waals surface area contributed by atoms with Gasteiger partial charge < -0.3 is 5.32 Å². The number of hydrogen-bond donors (Lipinski definition) is 1. The molecule has 4 aliphatic carbocycles. The van der Waals surface area contributed by atoms with Gasteiger partial charge >= 0.3 is 0 Å². The average molecular weight is 235 g/mol. The molecule has 1 heteroatoms. The lowest BCUT2D eigenvalue weighted by Crippen LogP contribution is -2.58. The molecular weight excluding hydrogens is 206 g/mol. The van der Waals surface area contributed by atoms with Gasteiger partial charge in [0.1, 0.15) is 0 Å². The van der Waals surface area contributed by atoms with Gasteiger partial charge in [-0.3, -0.25) is 0 Å². The standard InChI is InChI=1S/C16H29N/c1-4-17-15-13-5-12-6-14(15)10-16(8-12,9-13)7-11(2)3/h11-15,17H,4-10H2,1-3H3. The van der Waals surface area contributed by atoms with Crippen molar-refractivity contribution in [2.24, 2.45) is 29.1 Å². The summed E-state index contributed by atoms with van der Waals surface area (Å²) < 4.78 is 0. The lowest BCUT2D eigenvalue weighted by atomic mass is 9.46. The van der Waals surface area contributed by atoms with Gasteiger partial charge in [0.05, 0.1) is 0 Å². The Morgan fingerprint density at radius 1 is 1.12 bits per heavy atom. The fraction of sp³-hybridized carbons (Fsp3) is 1.00. The summed E-state index contributed by atoms with van der Waals surface area (Å²) in [5, 5.41) is 3.80. The van der Waals surface area contributed by atoms with Gasteiger partial charge in [0.2, 0.25) is 0 Å². The second-order valence-electron chi connectivity index (χ2n) is 7.65. The monoisotopic (exact) mass is 235 g/mol. The van der Waals surface area contributed by atoms with Crippen molar-refractivity contribution >= 4 is 0 Å². The Balaban J connectivity index is 1.77. The van der Waals surface area contributed by atoms with Gasteiger partial charge in [-0.2, -0.15) is 0 Å². The zero-order chi connectivity index (χ0) is 12.0. The molecule has 1 nitrogen and oxygen atoms in total. The van der Waals surface area contributed by atoms with Crippen LogP contribution in [0.15, 0.2) is 0 Å². The van der Waals surface area contributed by atoms with Crippen LogP contribution in [0.5, 0.6) is 0 Å². The SMILES string of the molecule is CCNC1C2CC3CC1CC(CC(C)C)(C3)C2. The summed E-state index contributed by atoms with van der Waals surface area (Å²) in [6.07, 6.45) is 9.21. The Kier molecular flexibility index (Phi) is 3.01. The first kappa shape index (κ1) is 12.0. The highest BCUT2D eigenvalue weighted by Crippen LogP contribution is 2.61. The van der Waals surface area contributed by atoms with Crippen LogP contribution in [-0.4, -0.2) is 12.6 Å². The van der Waals surface area contributed by atoms with Crippen LogP contribution in [0.4, 0.5) is 0 Å². The Morgan fingerprint density at radius 2 is 1.76 bits per heavy atom. The van der Waals surface area contributed by atoms with E-state index in [-0.39, 0.29) is 0 Å². The van der Waals surface area contributed by atoms with Crippen molar-refractivity contribution in [3.8, 4) is 0 Å². The van der Waals surface area contributed by atoms with Crippen LogP contribution in [0.3, 0.4) is 0 Å². The van der Waals surface area contributed by atoms with E-state index in [0.717, 1.165) is 35.1 Å². The first-order valence-electron chi connectivity index (χ1n) is 7.85. The topological polar surface area (TPSA) is 12.0 Å². The molecule has 4 aliphatic rings. The molecule has 0 heterocycles. The molecule has 0 spiro atoms. The molecule has 4 fully saturated rings. The third kappa shape index (κ3) is 2.05. The fourth-order valence-electron chi connectivity index (χ4n) is 5.88. The Hall–Kier alpha value is -0.0400. The molecule has 0 radical (unpaired) electrons. The molecule has 0 saturated heterocycles. The van der Waals surface area contributed by atoms with Gasteiger partial charge in [-0.05, 0) is 74.2 Å². The van der Waals surface area contributed by atoms with Crippen LogP contribution < -0.4 is 5.32 Å². The van der Waals surface area contributed by atoms with Crippen LogP contribution in [0.25, 0.3) is 0 Å². The van der Waals surface area contributed by atoms with E-state index >= 15 is 0 Å². The second kappa shape index (κ2) is 4.26. The molecule has 0 aliphatic heterocycles. The van der Waals surface area contributed by atoms with Crippen LogP contribution in [-0.2, 0) is 0 Å². The van der Waals surface area contributed by atoms with Crippen molar-refractivity contribution in [1.82, 2.24) is 5.32 Å². The van der Waals surface area contributed by atoms with E-state index in [1.54, 1.807) is 6.42 Å². The zero-order valence-corrected chi connectivity index (χ0v) is 11.8. The van der Waals surface area contributed by atoms with E-state index in [2.05, 4.69) is 26.1 Å². The van der Waals surface area contributed by atoms with Crippen LogP contribution in [0, 0.1) is 29.1 Å². The third-order valence-corrected chi connectivity index (χ3v) is 5.68. The smallest absolute Gasteiger partial charge is 0.0124 e. The van der Waals surface area contributed by atoms with E-state index in [0.29, 0.717) is 0 Å². The molecule has 0 aromatic carbocycles. The van der Waals surface area contributed by atoms with Gasteiger partial charge in [-0.25, -0.2) is 0 Å². The van der Waals surface area contributed by atoms with Crippen molar-refractivity contribution in [3.05, 3.63) is 0 Å². The lowest BCUT2D eigenvalue weighted by Gasteiger charge is -2.61. The van der Waals surface area contributed by atoms with E-state index in [1.165, 1.54) is 38.6 Å². The zero-order valence-electron chi connectivity index (χ0n) is 11.8. The summed E-state index contributed by atoms with van der Waals surface area (Å²) in [7, 11) is 0. The lowest BCUT2D eigenvalue weighted by molar-refractivity contribution is -0.0850. The number of rotatable bonds is 4. The van der Waals surface area contributed by atoms with Crippen LogP contribution in [0.2, 0.25) is 0 Å². The highest BCUT2D eigenvalue weighted by atomic mass is 14.9. The van der Waals surface area contributed by atoms with Gasteiger partial charge in [0, 0.05) is 6.04 Å². The highest BCUT2D eigenvalue weighted by molar-refractivity contribution is 5.07. The van der Waals surface area contributed by atoms with Crippen molar-refractivity contribution < 1.29 is 0 Å². The maximum Gasteiger partial charge on any atom is 0.0124 e. The normalized spacial score (nSPS) is 48.0. The van der Waals surface area contributed by atoms with Crippen molar-refractivity contribution in [2.45, 2.75) is 65.3 Å².